The molecule has 1 aliphatic carbocycles. The van der Waals surface area contributed by atoms with Crippen LogP contribution < -0.4 is 25.6 Å². The van der Waals surface area contributed by atoms with E-state index >= 15 is 0 Å². The fraction of sp³-hybridized carbons (Fsp3) is 0.190. The van der Waals surface area contributed by atoms with Gasteiger partial charge in [0.25, 0.3) is 5.69 Å². The molecule has 1 aliphatic rings. The molecule has 22 heteroatoms. The molecule has 0 aliphatic heterocycles. The number of nitro benzene ring substituents is 1. The van der Waals surface area contributed by atoms with E-state index in [1.807, 2.05) is 0 Å². The molecule has 0 spiro atoms. The number of rotatable bonds is 20. The van der Waals surface area contributed by atoms with Crippen molar-refractivity contribution in [3.05, 3.63) is 125 Å². The van der Waals surface area contributed by atoms with E-state index in [1.54, 1.807) is 83.8 Å². The molecule has 5 rings (SSSR count). The maximum absolute atomic E-state index is 12.6. The van der Waals surface area contributed by atoms with Crippen LogP contribution in [0.25, 0.3) is 0 Å². The van der Waals surface area contributed by atoms with Gasteiger partial charge in [-0.1, -0.05) is 24.3 Å². The van der Waals surface area contributed by atoms with Gasteiger partial charge in [-0.3, -0.25) is 20.7 Å². The van der Waals surface area contributed by atoms with Gasteiger partial charge in [0.05, 0.1) is 52.9 Å². The Bertz CT molecular complexity index is 2480. The van der Waals surface area contributed by atoms with Crippen molar-refractivity contribution in [2.45, 2.75) is 12.5 Å². The number of hydrogen-bond acceptors (Lipinski definition) is 18. The smallest absolute Gasteiger partial charge is 0.411 e. The molecule has 0 saturated heterocycles. The van der Waals surface area contributed by atoms with Gasteiger partial charge < -0.3 is 29.2 Å². The normalized spacial score (nSPS) is 12.5. The van der Waals surface area contributed by atoms with Crippen molar-refractivity contribution >= 4 is 82.0 Å². The predicted molar refractivity (Wildman–Crippen MR) is 228 cm³/mol. The number of nitrogens with one attached hydrogen (secondary N) is 3. The second-order valence-corrected chi connectivity index (χ2v) is 12.8. The second-order valence-electron chi connectivity index (χ2n) is 12.8. The van der Waals surface area contributed by atoms with E-state index in [0.717, 1.165) is 6.07 Å². The summed E-state index contributed by atoms with van der Waals surface area (Å²) in [6.07, 6.45) is 7.21. The Labute approximate surface area is 362 Å². The minimum atomic E-state index is -0.778. The second kappa shape index (κ2) is 24.2. The lowest BCUT2D eigenvalue weighted by atomic mass is 10.1. The number of allylic oxidation sites excluding steroid dienone is 2. The summed E-state index contributed by atoms with van der Waals surface area (Å²) in [4.78, 5) is 92.5. The third-order valence-corrected chi connectivity index (χ3v) is 8.49. The molecule has 0 aromatic heterocycles. The number of hydrogen-bond donors (Lipinski definition) is 3. The van der Waals surface area contributed by atoms with Crippen molar-refractivity contribution in [1.29, 1.82) is 0 Å². The predicted octanol–water partition coefficient (Wildman–Crippen LogP) is 7.90. The number of anilines is 3. The highest BCUT2D eigenvalue weighted by Crippen LogP contribution is 2.33. The van der Waals surface area contributed by atoms with E-state index in [9.17, 15) is 38.9 Å². The molecule has 0 fully saturated rings. The molecule has 3 N–H and O–H groups in total. The molecule has 3 amide bonds. The molecule has 0 heterocycles. The van der Waals surface area contributed by atoms with Crippen LogP contribution >= 0.6 is 0 Å². The maximum atomic E-state index is 12.6. The number of non-ortho nitro benzene ring substituents is 1. The van der Waals surface area contributed by atoms with Gasteiger partial charge in [0, 0.05) is 29.5 Å². The summed E-state index contributed by atoms with van der Waals surface area (Å²) in [6, 6.07) is 22.3. The third kappa shape index (κ3) is 15.2. The van der Waals surface area contributed by atoms with E-state index in [-0.39, 0.29) is 74.4 Å². The third-order valence-electron chi connectivity index (χ3n) is 8.49. The van der Waals surface area contributed by atoms with Crippen LogP contribution in [0.1, 0.15) is 6.42 Å². The topological polar surface area (TPSA) is 284 Å². The highest BCUT2D eigenvalue weighted by atomic mass is 16.6. The summed E-state index contributed by atoms with van der Waals surface area (Å²) in [5, 5.41) is 27.7. The number of carbonyl (C=O) groups is 3. The Morgan fingerprint density at radius 3 is 1.91 bits per heavy atom. The molecular weight excluding hydrogens is 837 g/mol. The maximum Gasteiger partial charge on any atom is 0.411 e. The Kier molecular flexibility index (Phi) is 17.4. The van der Waals surface area contributed by atoms with E-state index < -0.39 is 29.2 Å². The Morgan fingerprint density at radius 1 is 0.703 bits per heavy atom. The zero-order valence-electron chi connectivity index (χ0n) is 33.4. The van der Waals surface area contributed by atoms with Crippen LogP contribution in [0.2, 0.25) is 0 Å². The van der Waals surface area contributed by atoms with Crippen molar-refractivity contribution in [3.63, 3.8) is 0 Å². The minimum absolute atomic E-state index is 0.00103. The van der Waals surface area contributed by atoms with Crippen molar-refractivity contribution in [3.8, 4) is 5.75 Å². The van der Waals surface area contributed by atoms with Gasteiger partial charge in [0.1, 0.15) is 32.1 Å². The van der Waals surface area contributed by atoms with Crippen LogP contribution in [0.4, 0.5) is 59.9 Å². The van der Waals surface area contributed by atoms with Crippen LogP contribution in [0, 0.1) is 10.1 Å². The number of ether oxygens (including phenoxy) is 4. The largest absolute Gasteiger partial charge is 0.487 e. The van der Waals surface area contributed by atoms with Crippen LogP contribution in [0.3, 0.4) is 0 Å². The van der Waals surface area contributed by atoms with Crippen LogP contribution in [0.5, 0.6) is 5.75 Å². The van der Waals surface area contributed by atoms with Crippen molar-refractivity contribution in [2.75, 3.05) is 55.1 Å². The molecule has 1 atom stereocenters. The monoisotopic (exact) mass is 872 g/mol. The molecule has 0 saturated carbocycles. The summed E-state index contributed by atoms with van der Waals surface area (Å²) >= 11 is 0. The molecule has 4 aromatic rings. The highest BCUT2D eigenvalue weighted by Gasteiger charge is 2.17. The molecule has 0 bridgehead atoms. The van der Waals surface area contributed by atoms with Gasteiger partial charge in [0.15, 0.2) is 5.75 Å². The Morgan fingerprint density at radius 2 is 1.31 bits per heavy atom. The first-order chi connectivity index (χ1) is 31.1. The molecule has 326 valence electrons. The summed E-state index contributed by atoms with van der Waals surface area (Å²) in [6.45, 7) is -0.348. The molecule has 1 unspecified atom stereocenters. The zero-order valence-corrected chi connectivity index (χ0v) is 33.4. The summed E-state index contributed by atoms with van der Waals surface area (Å²) < 4.78 is 21.6. The molecular formula is C42H36N10O12. The minimum Gasteiger partial charge on any atom is -0.487 e. The highest BCUT2D eigenvalue weighted by molar-refractivity contribution is 5.86. The number of benzene rings is 4. The van der Waals surface area contributed by atoms with E-state index in [4.69, 9.17) is 18.9 Å². The SMILES string of the molecule is O=C=NC1=CC=CC(NC(=O)OCCOc2cc([N+](=O)[O-])ccc2/N=N/c2ccc(N(CCOC(=O)Nc3cccc(N=C=O)c3)CCOC(=O)Nc3cccc(N=C=O)c3)cc2)C1. The molecule has 4 aromatic carbocycles. The number of isocyanates is 3. The van der Waals surface area contributed by atoms with Gasteiger partial charge in [-0.15, -0.1) is 5.11 Å². The number of nitro groups is 1. The molecule has 22 nitrogen and oxygen atoms in total. The first kappa shape index (κ1) is 46.0. The van der Waals surface area contributed by atoms with E-state index in [0.29, 0.717) is 28.4 Å². The van der Waals surface area contributed by atoms with Gasteiger partial charge in [-0.2, -0.15) is 20.1 Å². The van der Waals surface area contributed by atoms with Gasteiger partial charge >= 0.3 is 18.3 Å². The number of azo groups is 1. The molecule has 0 radical (unpaired) electrons. The van der Waals surface area contributed by atoms with Crippen molar-refractivity contribution < 1.29 is 52.6 Å². The van der Waals surface area contributed by atoms with Crippen molar-refractivity contribution in [2.24, 2.45) is 25.2 Å². The van der Waals surface area contributed by atoms with Gasteiger partial charge in [-0.25, -0.2) is 28.8 Å². The first-order valence-electron chi connectivity index (χ1n) is 18.9. The summed E-state index contributed by atoms with van der Waals surface area (Å²) in [5.74, 6) is -0.00103. The van der Waals surface area contributed by atoms with Crippen LogP contribution in [-0.4, -0.2) is 87.0 Å². The lowest BCUT2D eigenvalue weighted by Gasteiger charge is -2.24. The number of aliphatic imine (C=N–C) groups is 3. The van der Waals surface area contributed by atoms with Crippen LogP contribution in [0.15, 0.2) is 140 Å². The van der Waals surface area contributed by atoms with Crippen LogP contribution in [-0.2, 0) is 28.6 Å². The Balaban J connectivity index is 1.20. The first-order valence-corrected chi connectivity index (χ1v) is 18.9. The number of nitrogens with zero attached hydrogens (tertiary/aromatic N) is 7. The zero-order chi connectivity index (χ0) is 45.5. The summed E-state index contributed by atoms with van der Waals surface area (Å²) in [7, 11) is 0. The fourth-order valence-electron chi connectivity index (χ4n) is 5.62. The average molecular weight is 873 g/mol. The molecule has 64 heavy (non-hydrogen) atoms. The van der Waals surface area contributed by atoms with Crippen molar-refractivity contribution in [1.82, 2.24) is 5.32 Å². The average Bonchev–Trinajstić information content (AvgIpc) is 3.27. The lowest BCUT2D eigenvalue weighted by Crippen LogP contribution is -2.35. The summed E-state index contributed by atoms with van der Waals surface area (Å²) in [5.41, 5.74) is 2.53. The number of alkyl carbamates (subject to hydrolysis) is 1. The number of amides is 3. The lowest BCUT2D eigenvalue weighted by molar-refractivity contribution is -0.384. The Hall–Kier alpha value is -9.09. The van der Waals surface area contributed by atoms with Gasteiger partial charge in [-0.05, 0) is 72.8 Å². The standard InChI is InChI=1S/C42H36N10O12/c53-26-43-30-4-1-7-33(22-30)46-40(56)62-18-16-51(17-19-63-41(57)47-34-8-2-5-31(23-34)44-27-54)36-12-10-29(11-13-36)49-50-38-15-14-37(52(59)60)25-39(38)61-20-21-64-42(58)48-35-9-3-6-32(24-35)45-28-55/h1-15,22-23,25,35H,16-21,24H2,(H,46,56)(H,47,57)(H,48,58)/b50-49+. The fourth-order valence-corrected chi connectivity index (χ4v) is 5.62. The van der Waals surface area contributed by atoms with E-state index in [2.05, 4.69) is 41.2 Å². The number of carbonyl (C=O) groups excluding carboxylic acids is 6. The van der Waals surface area contributed by atoms with E-state index in [1.165, 1.54) is 42.5 Å². The quantitative estimate of drug-likeness (QED) is 0.0145. The van der Waals surface area contributed by atoms with Gasteiger partial charge in [0.2, 0.25) is 18.2 Å².